The number of likely N-dealkylation sites (N-methyl/N-ethyl adjacent to an activating group) is 1. The molecule has 0 aliphatic heterocycles. The summed E-state index contributed by atoms with van der Waals surface area (Å²) in [5, 5.41) is 0. The molecule has 0 bridgehead atoms. The minimum Gasteiger partial charge on any atom is -0.398 e. The second-order valence-corrected chi connectivity index (χ2v) is 4.37. The zero-order valence-electron chi connectivity index (χ0n) is 11.2. The number of carbonyl (C=O) groups excluding carboxylic acids is 1. The lowest BCUT2D eigenvalue weighted by atomic mass is 10.2. The van der Waals surface area contributed by atoms with Gasteiger partial charge in [-0.25, -0.2) is 0 Å². The molecule has 1 aromatic heterocycles. The Hall–Kier alpha value is -1.78. The zero-order chi connectivity index (χ0) is 13.7. The van der Waals surface area contributed by atoms with Crippen LogP contribution < -0.4 is 11.3 Å². The molecule has 18 heavy (non-hydrogen) atoms. The molecule has 1 amide bonds. The van der Waals surface area contributed by atoms with E-state index < -0.39 is 0 Å². The highest BCUT2D eigenvalue weighted by molar-refractivity contribution is 5.76. The number of rotatable bonds is 5. The van der Waals surface area contributed by atoms with Crippen LogP contribution in [0.1, 0.15) is 27.2 Å². The van der Waals surface area contributed by atoms with Crippen LogP contribution in [0.4, 0.5) is 5.69 Å². The van der Waals surface area contributed by atoms with Gasteiger partial charge in [0.15, 0.2) is 0 Å². The van der Waals surface area contributed by atoms with E-state index in [0.717, 1.165) is 6.42 Å². The topological polar surface area (TPSA) is 68.3 Å². The Balaban J connectivity index is 2.86. The van der Waals surface area contributed by atoms with Crippen molar-refractivity contribution in [1.82, 2.24) is 9.47 Å². The molecule has 1 aromatic rings. The van der Waals surface area contributed by atoms with Gasteiger partial charge in [0, 0.05) is 30.5 Å². The fraction of sp³-hybridized carbons (Fsp3) is 0.538. The molecule has 0 saturated heterocycles. The minimum absolute atomic E-state index is 0.0437. The summed E-state index contributed by atoms with van der Waals surface area (Å²) in [4.78, 5) is 25.5. The van der Waals surface area contributed by atoms with E-state index in [0.29, 0.717) is 12.2 Å². The van der Waals surface area contributed by atoms with Gasteiger partial charge in [-0.2, -0.15) is 0 Å². The van der Waals surface area contributed by atoms with Crippen LogP contribution in [0.3, 0.4) is 0 Å². The summed E-state index contributed by atoms with van der Waals surface area (Å²) >= 11 is 0. The number of hydrogen-bond acceptors (Lipinski definition) is 3. The molecule has 1 rings (SSSR count). The summed E-state index contributed by atoms with van der Waals surface area (Å²) < 4.78 is 1.35. The van der Waals surface area contributed by atoms with E-state index in [9.17, 15) is 9.59 Å². The molecular weight excluding hydrogens is 230 g/mol. The quantitative estimate of drug-likeness (QED) is 0.851. The van der Waals surface area contributed by atoms with Gasteiger partial charge in [-0.1, -0.05) is 6.92 Å². The molecule has 100 valence electrons. The molecule has 5 nitrogen and oxygen atoms in total. The number of amides is 1. The molecule has 0 saturated carbocycles. The fourth-order valence-corrected chi connectivity index (χ4v) is 1.86. The van der Waals surface area contributed by atoms with E-state index >= 15 is 0 Å². The first-order valence-corrected chi connectivity index (χ1v) is 6.25. The summed E-state index contributed by atoms with van der Waals surface area (Å²) in [6.07, 6.45) is 2.40. The summed E-state index contributed by atoms with van der Waals surface area (Å²) in [5.74, 6) is -0.0560. The first kappa shape index (κ1) is 14.3. The molecule has 1 atom stereocenters. The maximum Gasteiger partial charge on any atom is 0.251 e. The summed E-state index contributed by atoms with van der Waals surface area (Å²) in [5.41, 5.74) is 5.88. The van der Waals surface area contributed by atoms with E-state index in [1.807, 2.05) is 20.8 Å². The van der Waals surface area contributed by atoms with Gasteiger partial charge in [0.1, 0.15) is 6.54 Å². The van der Waals surface area contributed by atoms with Crippen LogP contribution in [0.15, 0.2) is 23.1 Å². The molecule has 1 heterocycles. The summed E-state index contributed by atoms with van der Waals surface area (Å²) in [6.45, 7) is 6.66. The molecule has 0 fully saturated rings. The van der Waals surface area contributed by atoms with E-state index in [1.54, 1.807) is 4.90 Å². The molecule has 0 aliphatic rings. The van der Waals surface area contributed by atoms with Gasteiger partial charge in [0.2, 0.25) is 5.91 Å². The Morgan fingerprint density at radius 3 is 2.67 bits per heavy atom. The van der Waals surface area contributed by atoms with Gasteiger partial charge < -0.3 is 15.2 Å². The molecule has 0 aromatic carbocycles. The van der Waals surface area contributed by atoms with Crippen LogP contribution in [0.2, 0.25) is 0 Å². The molecule has 0 radical (unpaired) electrons. The lowest BCUT2D eigenvalue weighted by molar-refractivity contribution is -0.133. The Morgan fingerprint density at radius 1 is 1.44 bits per heavy atom. The highest BCUT2D eigenvalue weighted by atomic mass is 16.2. The van der Waals surface area contributed by atoms with Crippen molar-refractivity contribution in [3.05, 3.63) is 28.7 Å². The van der Waals surface area contributed by atoms with Crippen molar-refractivity contribution in [2.24, 2.45) is 0 Å². The third-order valence-electron chi connectivity index (χ3n) is 3.10. The predicted octanol–water partition coefficient (Wildman–Crippen LogP) is 1.08. The first-order chi connectivity index (χ1) is 8.49. The van der Waals surface area contributed by atoms with Crippen molar-refractivity contribution >= 4 is 11.6 Å². The maximum atomic E-state index is 12.1. The van der Waals surface area contributed by atoms with Crippen molar-refractivity contribution in [2.75, 3.05) is 12.3 Å². The Morgan fingerprint density at radius 2 is 2.11 bits per heavy atom. The second-order valence-electron chi connectivity index (χ2n) is 4.37. The van der Waals surface area contributed by atoms with Crippen molar-refractivity contribution in [1.29, 1.82) is 0 Å². The normalized spacial score (nSPS) is 12.2. The number of carbonyl (C=O) groups is 1. The third-order valence-corrected chi connectivity index (χ3v) is 3.10. The van der Waals surface area contributed by atoms with E-state index in [2.05, 4.69) is 0 Å². The van der Waals surface area contributed by atoms with Gasteiger partial charge in [-0.15, -0.1) is 0 Å². The number of hydrogen-bond donors (Lipinski definition) is 1. The van der Waals surface area contributed by atoms with Crippen LogP contribution in [-0.4, -0.2) is 28.0 Å². The highest BCUT2D eigenvalue weighted by Gasteiger charge is 2.17. The average Bonchev–Trinajstić information content (AvgIpc) is 2.34. The van der Waals surface area contributed by atoms with Crippen LogP contribution in [0.5, 0.6) is 0 Å². The first-order valence-electron chi connectivity index (χ1n) is 6.25. The Bertz CT molecular complexity index is 468. The lowest BCUT2D eigenvalue weighted by Crippen LogP contribution is -2.41. The van der Waals surface area contributed by atoms with Gasteiger partial charge in [0.05, 0.1) is 0 Å². The molecule has 0 aliphatic carbocycles. The number of anilines is 1. The van der Waals surface area contributed by atoms with Gasteiger partial charge in [-0.05, 0) is 26.3 Å². The standard InChI is InChI=1S/C13H21N3O2/c1-4-10(3)16(5-2)13(18)9-15-8-11(14)6-7-12(15)17/h6-8,10H,4-5,9,14H2,1-3H3. The summed E-state index contributed by atoms with van der Waals surface area (Å²) in [7, 11) is 0. The SMILES string of the molecule is CCC(C)N(CC)C(=O)Cn1cc(N)ccc1=O. The maximum absolute atomic E-state index is 12.1. The number of nitrogens with zero attached hydrogens (tertiary/aromatic N) is 2. The van der Waals surface area contributed by atoms with Crippen molar-refractivity contribution in [3.63, 3.8) is 0 Å². The van der Waals surface area contributed by atoms with Crippen molar-refractivity contribution in [3.8, 4) is 0 Å². The number of pyridine rings is 1. The molecule has 2 N–H and O–H groups in total. The van der Waals surface area contributed by atoms with E-state index in [-0.39, 0.29) is 24.1 Å². The molecule has 5 heteroatoms. The lowest BCUT2D eigenvalue weighted by Gasteiger charge is -2.27. The second kappa shape index (κ2) is 6.23. The van der Waals surface area contributed by atoms with Gasteiger partial charge >= 0.3 is 0 Å². The van der Waals surface area contributed by atoms with E-state index in [4.69, 9.17) is 5.73 Å². The van der Waals surface area contributed by atoms with Crippen LogP contribution in [-0.2, 0) is 11.3 Å². The van der Waals surface area contributed by atoms with E-state index in [1.165, 1.54) is 22.9 Å². The minimum atomic E-state index is -0.210. The van der Waals surface area contributed by atoms with Crippen LogP contribution in [0.25, 0.3) is 0 Å². The van der Waals surface area contributed by atoms with Crippen molar-refractivity contribution in [2.45, 2.75) is 39.8 Å². The monoisotopic (exact) mass is 251 g/mol. The number of aromatic nitrogens is 1. The third kappa shape index (κ3) is 3.35. The number of nitrogen functional groups attached to an aromatic ring is 1. The Labute approximate surface area is 107 Å². The Kier molecular flexibility index (Phi) is 4.95. The van der Waals surface area contributed by atoms with Crippen molar-refractivity contribution < 1.29 is 4.79 Å². The highest BCUT2D eigenvalue weighted by Crippen LogP contribution is 2.05. The van der Waals surface area contributed by atoms with Crippen LogP contribution >= 0.6 is 0 Å². The summed E-state index contributed by atoms with van der Waals surface area (Å²) in [6, 6.07) is 3.09. The zero-order valence-corrected chi connectivity index (χ0v) is 11.2. The average molecular weight is 251 g/mol. The smallest absolute Gasteiger partial charge is 0.251 e. The molecule has 1 unspecified atom stereocenters. The van der Waals surface area contributed by atoms with Gasteiger partial charge in [0.25, 0.3) is 5.56 Å². The predicted molar refractivity (Wildman–Crippen MR) is 72.3 cm³/mol. The van der Waals surface area contributed by atoms with Gasteiger partial charge in [-0.3, -0.25) is 9.59 Å². The largest absolute Gasteiger partial charge is 0.398 e. The molecular formula is C13H21N3O2. The molecule has 0 spiro atoms. The van der Waals surface area contributed by atoms with Crippen LogP contribution in [0, 0.1) is 0 Å². The fourth-order valence-electron chi connectivity index (χ4n) is 1.86. The number of nitrogens with two attached hydrogens (primary N) is 1.